The molecular formula is C10H19NO2. The highest BCUT2D eigenvalue weighted by atomic mass is 16.2. The van der Waals surface area contributed by atoms with Gasteiger partial charge < -0.3 is 9.69 Å². The van der Waals surface area contributed by atoms with E-state index in [0.717, 1.165) is 0 Å². The van der Waals surface area contributed by atoms with Crippen LogP contribution in [0.5, 0.6) is 0 Å². The van der Waals surface area contributed by atoms with Gasteiger partial charge in [0, 0.05) is 25.4 Å². The molecule has 3 nitrogen and oxygen atoms in total. The van der Waals surface area contributed by atoms with E-state index in [0.29, 0.717) is 19.4 Å². The van der Waals surface area contributed by atoms with Gasteiger partial charge in [0.05, 0.1) is 0 Å². The number of carbonyl (C=O) groups excluding carboxylic acids is 2. The summed E-state index contributed by atoms with van der Waals surface area (Å²) in [6.07, 6.45) is 0.712. The minimum atomic E-state index is 0.0766. The second kappa shape index (κ2) is 5.73. The predicted octanol–water partition coefficient (Wildman–Crippen LogP) is 1.61. The highest BCUT2D eigenvalue weighted by Gasteiger charge is 2.14. The maximum absolute atomic E-state index is 11.5. The summed E-state index contributed by atoms with van der Waals surface area (Å²) >= 11 is 0. The van der Waals surface area contributed by atoms with Crippen LogP contribution in [0, 0.1) is 0 Å². The molecule has 0 radical (unpaired) electrons. The monoisotopic (exact) mass is 185 g/mol. The van der Waals surface area contributed by atoms with Crippen LogP contribution in [-0.2, 0) is 9.59 Å². The predicted molar refractivity (Wildman–Crippen MR) is 52.4 cm³/mol. The van der Waals surface area contributed by atoms with Gasteiger partial charge in [-0.2, -0.15) is 0 Å². The highest BCUT2D eigenvalue weighted by Crippen LogP contribution is 2.03. The van der Waals surface area contributed by atoms with E-state index < -0.39 is 0 Å². The summed E-state index contributed by atoms with van der Waals surface area (Å²) in [7, 11) is 0. The molecule has 0 N–H and O–H groups in total. The van der Waals surface area contributed by atoms with Crippen molar-refractivity contribution in [2.75, 3.05) is 6.54 Å². The Labute approximate surface area is 80.1 Å². The molecule has 0 spiro atoms. The van der Waals surface area contributed by atoms with Gasteiger partial charge in [-0.3, -0.25) is 4.79 Å². The molecule has 0 aromatic carbocycles. The standard InChI is InChI=1S/C10H19NO2/c1-5-11(8(2)3)10(13)7-6-9(4)12/h8H,5-7H2,1-4H3. The first kappa shape index (κ1) is 12.1. The van der Waals surface area contributed by atoms with Crippen molar-refractivity contribution in [2.45, 2.75) is 46.6 Å². The van der Waals surface area contributed by atoms with Crippen molar-refractivity contribution >= 4 is 11.7 Å². The van der Waals surface area contributed by atoms with Gasteiger partial charge in [-0.05, 0) is 27.7 Å². The molecule has 0 saturated heterocycles. The second-order valence-electron chi connectivity index (χ2n) is 3.48. The van der Waals surface area contributed by atoms with Crippen LogP contribution in [0.1, 0.15) is 40.5 Å². The Morgan fingerprint density at radius 1 is 1.23 bits per heavy atom. The average molecular weight is 185 g/mol. The Balaban J connectivity index is 3.99. The lowest BCUT2D eigenvalue weighted by atomic mass is 10.2. The van der Waals surface area contributed by atoms with Crippen LogP contribution in [0.15, 0.2) is 0 Å². The van der Waals surface area contributed by atoms with E-state index in [1.807, 2.05) is 20.8 Å². The van der Waals surface area contributed by atoms with Crippen molar-refractivity contribution < 1.29 is 9.59 Å². The SMILES string of the molecule is CCN(C(=O)CCC(C)=O)C(C)C. The van der Waals surface area contributed by atoms with Crippen molar-refractivity contribution in [3.63, 3.8) is 0 Å². The van der Waals surface area contributed by atoms with Crippen molar-refractivity contribution in [1.82, 2.24) is 4.90 Å². The van der Waals surface area contributed by atoms with Crippen molar-refractivity contribution in [1.29, 1.82) is 0 Å². The van der Waals surface area contributed by atoms with Crippen LogP contribution >= 0.6 is 0 Å². The van der Waals surface area contributed by atoms with E-state index in [4.69, 9.17) is 0 Å². The fraction of sp³-hybridized carbons (Fsp3) is 0.800. The van der Waals surface area contributed by atoms with Gasteiger partial charge in [0.15, 0.2) is 0 Å². The molecule has 0 aliphatic rings. The van der Waals surface area contributed by atoms with Gasteiger partial charge in [0.2, 0.25) is 5.91 Å². The lowest BCUT2D eigenvalue weighted by Gasteiger charge is -2.24. The maximum atomic E-state index is 11.5. The number of amides is 1. The van der Waals surface area contributed by atoms with E-state index in [2.05, 4.69) is 0 Å². The third-order valence-electron chi connectivity index (χ3n) is 1.98. The number of nitrogens with zero attached hydrogens (tertiary/aromatic N) is 1. The van der Waals surface area contributed by atoms with Gasteiger partial charge in [-0.25, -0.2) is 0 Å². The van der Waals surface area contributed by atoms with Crippen molar-refractivity contribution in [2.24, 2.45) is 0 Å². The Kier molecular flexibility index (Phi) is 5.35. The molecule has 0 aliphatic carbocycles. The number of Topliss-reactive ketones (excluding diaryl/α,β-unsaturated/α-hetero) is 1. The number of ketones is 1. The molecular weight excluding hydrogens is 166 g/mol. The van der Waals surface area contributed by atoms with Crippen LogP contribution in [-0.4, -0.2) is 29.2 Å². The van der Waals surface area contributed by atoms with E-state index in [1.165, 1.54) is 6.92 Å². The average Bonchev–Trinajstić information content (AvgIpc) is 2.01. The minimum Gasteiger partial charge on any atom is -0.341 e. The summed E-state index contributed by atoms with van der Waals surface area (Å²) in [4.78, 5) is 23.9. The number of hydrogen-bond acceptors (Lipinski definition) is 2. The zero-order chi connectivity index (χ0) is 10.4. The molecule has 0 bridgehead atoms. The molecule has 0 atom stereocenters. The minimum absolute atomic E-state index is 0.0766. The van der Waals surface area contributed by atoms with Gasteiger partial charge in [0.1, 0.15) is 5.78 Å². The molecule has 0 heterocycles. The fourth-order valence-corrected chi connectivity index (χ4v) is 1.26. The largest absolute Gasteiger partial charge is 0.341 e. The first-order chi connectivity index (χ1) is 5.99. The normalized spacial score (nSPS) is 10.2. The molecule has 1 amide bonds. The van der Waals surface area contributed by atoms with Gasteiger partial charge in [0.25, 0.3) is 0 Å². The Morgan fingerprint density at radius 3 is 2.08 bits per heavy atom. The van der Waals surface area contributed by atoms with Gasteiger partial charge in [-0.15, -0.1) is 0 Å². The maximum Gasteiger partial charge on any atom is 0.223 e. The molecule has 0 aromatic rings. The Hall–Kier alpha value is -0.860. The van der Waals surface area contributed by atoms with E-state index in [-0.39, 0.29) is 17.7 Å². The molecule has 76 valence electrons. The quantitative estimate of drug-likeness (QED) is 0.652. The lowest BCUT2D eigenvalue weighted by molar-refractivity contribution is -0.134. The summed E-state index contributed by atoms with van der Waals surface area (Å²) in [6, 6.07) is 0.226. The van der Waals surface area contributed by atoms with Gasteiger partial charge >= 0.3 is 0 Å². The highest BCUT2D eigenvalue weighted by molar-refractivity contribution is 5.83. The number of hydrogen-bond donors (Lipinski definition) is 0. The zero-order valence-corrected chi connectivity index (χ0v) is 8.96. The fourth-order valence-electron chi connectivity index (χ4n) is 1.26. The zero-order valence-electron chi connectivity index (χ0n) is 8.96. The molecule has 0 saturated carbocycles. The summed E-state index contributed by atoms with van der Waals surface area (Å²) in [5, 5.41) is 0. The Bertz CT molecular complexity index is 187. The number of carbonyl (C=O) groups is 2. The second-order valence-corrected chi connectivity index (χ2v) is 3.48. The van der Waals surface area contributed by atoms with Crippen LogP contribution < -0.4 is 0 Å². The van der Waals surface area contributed by atoms with Crippen LogP contribution in [0.3, 0.4) is 0 Å². The third kappa shape index (κ3) is 4.65. The molecule has 0 fully saturated rings. The molecule has 13 heavy (non-hydrogen) atoms. The molecule has 0 aliphatic heterocycles. The molecule has 0 rings (SSSR count). The van der Waals surface area contributed by atoms with Crippen LogP contribution in [0.2, 0.25) is 0 Å². The van der Waals surface area contributed by atoms with Crippen molar-refractivity contribution in [3.8, 4) is 0 Å². The summed E-state index contributed by atoms with van der Waals surface area (Å²) < 4.78 is 0. The molecule has 0 aromatic heterocycles. The smallest absolute Gasteiger partial charge is 0.223 e. The molecule has 3 heteroatoms. The lowest BCUT2D eigenvalue weighted by Crippen LogP contribution is -2.36. The topological polar surface area (TPSA) is 37.4 Å². The van der Waals surface area contributed by atoms with E-state index >= 15 is 0 Å². The first-order valence-electron chi connectivity index (χ1n) is 4.78. The Morgan fingerprint density at radius 2 is 1.77 bits per heavy atom. The third-order valence-corrected chi connectivity index (χ3v) is 1.98. The van der Waals surface area contributed by atoms with Crippen LogP contribution in [0.4, 0.5) is 0 Å². The first-order valence-corrected chi connectivity index (χ1v) is 4.78. The van der Waals surface area contributed by atoms with Crippen molar-refractivity contribution in [3.05, 3.63) is 0 Å². The summed E-state index contributed by atoms with van der Waals surface area (Å²) in [5.74, 6) is 0.154. The van der Waals surface area contributed by atoms with Gasteiger partial charge in [-0.1, -0.05) is 0 Å². The van der Waals surface area contributed by atoms with E-state index in [1.54, 1.807) is 4.90 Å². The summed E-state index contributed by atoms with van der Waals surface area (Å²) in [5.41, 5.74) is 0. The summed E-state index contributed by atoms with van der Waals surface area (Å²) in [6.45, 7) is 8.14. The molecule has 0 unspecified atom stereocenters. The van der Waals surface area contributed by atoms with E-state index in [9.17, 15) is 9.59 Å². The van der Waals surface area contributed by atoms with Crippen LogP contribution in [0.25, 0.3) is 0 Å². The number of rotatable bonds is 5.